The number of carbonyl (C=O) groups is 1. The molecule has 0 aliphatic heterocycles. The highest BCUT2D eigenvalue weighted by molar-refractivity contribution is 8.00. The smallest absolute Gasteiger partial charge is 0.173 e. The summed E-state index contributed by atoms with van der Waals surface area (Å²) in [7, 11) is 1.64. The Hall–Kier alpha value is -2.77. The van der Waals surface area contributed by atoms with Crippen LogP contribution in [0.15, 0.2) is 53.6 Å². The number of thioether (sulfide) groups is 1. The summed E-state index contributed by atoms with van der Waals surface area (Å²) < 4.78 is 6.22. The van der Waals surface area contributed by atoms with Gasteiger partial charge in [0.15, 0.2) is 5.78 Å². The molecule has 2 heterocycles. The van der Waals surface area contributed by atoms with E-state index >= 15 is 0 Å². The summed E-state index contributed by atoms with van der Waals surface area (Å²) in [6, 6.07) is 15.5. The van der Waals surface area contributed by atoms with Gasteiger partial charge in [-0.25, -0.2) is 4.98 Å². The molecule has 0 fully saturated rings. The number of nitrogens with zero attached hydrogens (tertiary/aromatic N) is 3. The molecule has 0 N–H and O–H groups in total. The number of ether oxygens (including phenoxy) is 1. The molecule has 7 heteroatoms. The number of hydrogen-bond acceptors (Lipinski definition) is 7. The van der Waals surface area contributed by atoms with E-state index in [1.807, 2.05) is 55.5 Å². The van der Waals surface area contributed by atoms with E-state index in [9.17, 15) is 4.79 Å². The predicted octanol–water partition coefficient (Wildman–Crippen LogP) is 5.61. The first-order chi connectivity index (χ1) is 14.6. The molecule has 152 valence electrons. The lowest BCUT2D eigenvalue weighted by Crippen LogP contribution is -2.03. The molecule has 30 heavy (non-hydrogen) atoms. The first-order valence-corrected chi connectivity index (χ1v) is 11.4. The maximum Gasteiger partial charge on any atom is 0.173 e. The molecule has 0 spiro atoms. The first kappa shape index (κ1) is 20.5. The Morgan fingerprint density at radius 2 is 1.80 bits per heavy atom. The van der Waals surface area contributed by atoms with E-state index in [0.29, 0.717) is 16.3 Å². The number of methoxy groups -OCH3 is 1. The number of rotatable bonds is 7. The highest BCUT2D eigenvalue weighted by Crippen LogP contribution is 2.35. The number of aromatic nitrogens is 3. The van der Waals surface area contributed by atoms with Crippen molar-refractivity contribution in [1.82, 2.24) is 15.2 Å². The maximum absolute atomic E-state index is 12.6. The normalized spacial score (nSPS) is 11.0. The Bertz CT molecular complexity index is 1190. The van der Waals surface area contributed by atoms with E-state index < -0.39 is 0 Å². The fraction of sp³-hybridized carbons (Fsp3) is 0.217. The lowest BCUT2D eigenvalue weighted by Gasteiger charge is -2.06. The Balaban J connectivity index is 1.59. The van der Waals surface area contributed by atoms with Crippen LogP contribution in [0, 0.1) is 6.92 Å². The summed E-state index contributed by atoms with van der Waals surface area (Å²) in [5, 5.41) is 10.5. The fourth-order valence-electron chi connectivity index (χ4n) is 3.10. The third-order valence-electron chi connectivity index (χ3n) is 4.78. The Morgan fingerprint density at radius 3 is 2.47 bits per heavy atom. The van der Waals surface area contributed by atoms with Crippen molar-refractivity contribution >= 4 is 39.1 Å². The zero-order valence-electron chi connectivity index (χ0n) is 17.0. The number of benzene rings is 2. The highest BCUT2D eigenvalue weighted by Gasteiger charge is 2.17. The second kappa shape index (κ2) is 8.93. The number of fused-ring (bicyclic) bond motifs is 1. The van der Waals surface area contributed by atoms with E-state index in [4.69, 9.17) is 4.74 Å². The maximum atomic E-state index is 12.6. The van der Waals surface area contributed by atoms with Gasteiger partial charge in [-0.05, 0) is 43.2 Å². The molecule has 0 amide bonds. The minimum absolute atomic E-state index is 0.0729. The van der Waals surface area contributed by atoms with E-state index in [0.717, 1.165) is 38.7 Å². The van der Waals surface area contributed by atoms with Crippen molar-refractivity contribution in [3.05, 3.63) is 64.7 Å². The first-order valence-electron chi connectivity index (χ1n) is 9.62. The van der Waals surface area contributed by atoms with Gasteiger partial charge in [0.25, 0.3) is 0 Å². The van der Waals surface area contributed by atoms with E-state index in [-0.39, 0.29) is 5.78 Å². The van der Waals surface area contributed by atoms with Crippen LogP contribution in [0.2, 0.25) is 0 Å². The number of hydrogen-bond donors (Lipinski definition) is 0. The van der Waals surface area contributed by atoms with Crippen molar-refractivity contribution in [2.75, 3.05) is 12.9 Å². The quantitative estimate of drug-likeness (QED) is 0.278. The van der Waals surface area contributed by atoms with Crippen molar-refractivity contribution in [2.45, 2.75) is 25.3 Å². The van der Waals surface area contributed by atoms with Crippen LogP contribution in [-0.4, -0.2) is 33.8 Å². The van der Waals surface area contributed by atoms with Crippen LogP contribution in [0.4, 0.5) is 0 Å². The van der Waals surface area contributed by atoms with E-state index in [2.05, 4.69) is 22.1 Å². The largest absolute Gasteiger partial charge is 0.497 e. The Kier molecular flexibility index (Phi) is 6.11. The molecule has 0 atom stereocenters. The molecule has 2 aromatic heterocycles. The van der Waals surface area contributed by atoms with Crippen LogP contribution in [0.3, 0.4) is 0 Å². The van der Waals surface area contributed by atoms with Crippen LogP contribution in [0.25, 0.3) is 21.5 Å². The second-order valence-corrected chi connectivity index (χ2v) is 8.92. The van der Waals surface area contributed by atoms with Gasteiger partial charge in [0.05, 0.1) is 22.6 Å². The Morgan fingerprint density at radius 1 is 1.07 bits per heavy atom. The number of thiazole rings is 1. The molecular formula is C23H21N3O2S2. The minimum atomic E-state index is 0.0729. The average Bonchev–Trinajstić information content (AvgIpc) is 3.19. The van der Waals surface area contributed by atoms with Gasteiger partial charge in [-0.3, -0.25) is 4.79 Å². The molecular weight excluding hydrogens is 414 g/mol. The van der Waals surface area contributed by atoms with E-state index in [1.54, 1.807) is 18.4 Å². The molecule has 0 unspecified atom stereocenters. The summed E-state index contributed by atoms with van der Waals surface area (Å²) in [6.45, 7) is 4.07. The molecule has 0 saturated carbocycles. The monoisotopic (exact) mass is 435 g/mol. The molecule has 0 bridgehead atoms. The van der Waals surface area contributed by atoms with Crippen LogP contribution >= 0.6 is 23.1 Å². The molecule has 2 aromatic carbocycles. The molecule has 4 aromatic rings. The summed E-state index contributed by atoms with van der Waals surface area (Å²) in [5.74, 6) is 1.16. The molecule has 0 radical (unpaired) electrons. The lowest BCUT2D eigenvalue weighted by molar-refractivity contribution is 0.102. The average molecular weight is 436 g/mol. The second-order valence-electron chi connectivity index (χ2n) is 6.76. The molecule has 0 aliphatic carbocycles. The van der Waals surface area contributed by atoms with Crippen LogP contribution in [0.5, 0.6) is 5.75 Å². The van der Waals surface area contributed by atoms with Gasteiger partial charge < -0.3 is 4.74 Å². The van der Waals surface area contributed by atoms with Gasteiger partial charge >= 0.3 is 0 Å². The van der Waals surface area contributed by atoms with Crippen LogP contribution < -0.4 is 4.74 Å². The van der Waals surface area contributed by atoms with Gasteiger partial charge in [-0.1, -0.05) is 43.0 Å². The Labute approximate surface area is 183 Å². The number of aryl methyl sites for hydroxylation is 2. The van der Waals surface area contributed by atoms with Gasteiger partial charge in [-0.2, -0.15) is 0 Å². The van der Waals surface area contributed by atoms with Gasteiger partial charge in [0, 0.05) is 11.1 Å². The molecule has 4 rings (SSSR count). The van der Waals surface area contributed by atoms with Crippen molar-refractivity contribution < 1.29 is 9.53 Å². The predicted molar refractivity (Wildman–Crippen MR) is 123 cm³/mol. The topological polar surface area (TPSA) is 65.0 Å². The van der Waals surface area contributed by atoms with E-state index in [1.165, 1.54) is 17.3 Å². The molecule has 5 nitrogen and oxygen atoms in total. The number of ketones is 1. The SMILES string of the molecule is CCc1ccc(C(=O)CSc2nnc(-c3ccc(OC)cc3)c3sc(C)nc23)cc1. The van der Waals surface area contributed by atoms with Crippen molar-refractivity contribution in [3.8, 4) is 17.0 Å². The third-order valence-corrected chi connectivity index (χ3v) is 6.71. The molecule has 0 saturated heterocycles. The third kappa shape index (κ3) is 4.22. The van der Waals surface area contributed by atoms with Crippen molar-refractivity contribution in [1.29, 1.82) is 0 Å². The van der Waals surface area contributed by atoms with Crippen LogP contribution in [0.1, 0.15) is 27.9 Å². The van der Waals surface area contributed by atoms with Crippen molar-refractivity contribution in [3.63, 3.8) is 0 Å². The fourth-order valence-corrected chi connectivity index (χ4v) is 4.91. The van der Waals surface area contributed by atoms with Crippen LogP contribution in [-0.2, 0) is 6.42 Å². The number of carbonyl (C=O) groups excluding carboxylic acids is 1. The molecule has 0 aliphatic rings. The van der Waals surface area contributed by atoms with Gasteiger partial charge in [-0.15, -0.1) is 21.5 Å². The summed E-state index contributed by atoms with van der Waals surface area (Å²) in [4.78, 5) is 17.3. The highest BCUT2D eigenvalue weighted by atomic mass is 32.2. The zero-order valence-corrected chi connectivity index (χ0v) is 18.6. The minimum Gasteiger partial charge on any atom is -0.497 e. The summed E-state index contributed by atoms with van der Waals surface area (Å²) in [5.41, 5.74) is 4.49. The number of Topliss-reactive ketones (excluding diaryl/α,β-unsaturated/α-hetero) is 1. The standard InChI is InChI=1S/C23H21N3O2S2/c1-4-15-5-7-16(8-6-15)19(27)13-29-23-21-22(30-14(2)24-21)20(25-26-23)17-9-11-18(28-3)12-10-17/h5-12H,4,13H2,1-3H3. The zero-order chi connectivity index (χ0) is 21.1. The van der Waals surface area contributed by atoms with Gasteiger partial charge in [0.2, 0.25) is 0 Å². The lowest BCUT2D eigenvalue weighted by atomic mass is 10.1. The summed E-state index contributed by atoms with van der Waals surface area (Å²) in [6.07, 6.45) is 0.959. The summed E-state index contributed by atoms with van der Waals surface area (Å²) >= 11 is 2.98. The van der Waals surface area contributed by atoms with Crippen molar-refractivity contribution in [2.24, 2.45) is 0 Å². The van der Waals surface area contributed by atoms with Gasteiger partial charge in [0.1, 0.15) is 22.0 Å².